The third-order valence-electron chi connectivity index (χ3n) is 5.53. The van der Waals surface area contributed by atoms with E-state index in [0.717, 1.165) is 38.8 Å². The maximum atomic E-state index is 12.9. The summed E-state index contributed by atoms with van der Waals surface area (Å²) in [6.45, 7) is 3.37. The van der Waals surface area contributed by atoms with Crippen LogP contribution < -0.4 is 0 Å². The van der Waals surface area contributed by atoms with Crippen LogP contribution in [0.4, 0.5) is 0 Å². The Bertz CT molecular complexity index is 708. The Balaban J connectivity index is 1.38. The van der Waals surface area contributed by atoms with Gasteiger partial charge in [0.1, 0.15) is 0 Å². The molecule has 0 unspecified atom stereocenters. The molecule has 0 saturated carbocycles. The number of likely N-dealkylation sites (tertiary alicyclic amines) is 1. The van der Waals surface area contributed by atoms with Gasteiger partial charge in [-0.3, -0.25) is 9.48 Å². The molecule has 138 valence electrons. The van der Waals surface area contributed by atoms with Crippen LogP contribution in [0.5, 0.6) is 0 Å². The van der Waals surface area contributed by atoms with Crippen molar-refractivity contribution in [1.82, 2.24) is 23.3 Å². The number of amides is 1. The molecule has 0 N–H and O–H groups in total. The van der Waals surface area contributed by atoms with Crippen molar-refractivity contribution in [1.29, 1.82) is 0 Å². The molecule has 3 saturated heterocycles. The summed E-state index contributed by atoms with van der Waals surface area (Å²) in [4.78, 5) is 14.5. The first-order valence-corrected chi connectivity index (χ1v) is 10.5. The molecule has 25 heavy (non-hydrogen) atoms. The van der Waals surface area contributed by atoms with Crippen LogP contribution in [0.3, 0.4) is 0 Å². The minimum absolute atomic E-state index is 0.108. The zero-order valence-electron chi connectivity index (χ0n) is 14.3. The second-order valence-electron chi connectivity index (χ2n) is 7.19. The molecule has 3 fully saturated rings. The van der Waals surface area contributed by atoms with E-state index in [2.05, 4.69) is 5.10 Å². The number of hydrogen-bond acceptors (Lipinski definition) is 4. The lowest BCUT2D eigenvalue weighted by molar-refractivity contribution is -0.135. The zero-order chi connectivity index (χ0) is 17.4. The van der Waals surface area contributed by atoms with E-state index in [1.165, 1.54) is 8.61 Å². The second-order valence-corrected chi connectivity index (χ2v) is 9.12. The lowest BCUT2D eigenvalue weighted by Crippen LogP contribution is -2.57. The fraction of sp³-hybridized carbons (Fsp3) is 0.750. The molecule has 0 bridgehead atoms. The fourth-order valence-corrected chi connectivity index (χ4v) is 5.76. The van der Waals surface area contributed by atoms with Gasteiger partial charge in [-0.2, -0.15) is 22.1 Å². The summed E-state index contributed by atoms with van der Waals surface area (Å²) in [6.07, 6.45) is 7.22. The van der Waals surface area contributed by atoms with E-state index in [0.29, 0.717) is 26.2 Å². The van der Waals surface area contributed by atoms with E-state index in [1.54, 1.807) is 6.20 Å². The molecule has 0 radical (unpaired) electrons. The van der Waals surface area contributed by atoms with Gasteiger partial charge in [0.2, 0.25) is 5.91 Å². The lowest BCUT2D eigenvalue weighted by atomic mass is 9.98. The molecule has 1 aromatic heterocycles. The average molecular weight is 367 g/mol. The maximum Gasteiger partial charge on any atom is 0.282 e. The largest absolute Gasteiger partial charge is 0.342 e. The van der Waals surface area contributed by atoms with Crippen molar-refractivity contribution in [3.8, 4) is 0 Å². The van der Waals surface area contributed by atoms with Gasteiger partial charge in [-0.1, -0.05) is 0 Å². The summed E-state index contributed by atoms with van der Waals surface area (Å²) in [5.74, 6) is -0.0553. The number of rotatable bonds is 4. The molecular weight excluding hydrogens is 342 g/mol. The third-order valence-corrected chi connectivity index (χ3v) is 7.47. The smallest absolute Gasteiger partial charge is 0.282 e. The predicted molar refractivity (Wildman–Crippen MR) is 91.9 cm³/mol. The Kier molecular flexibility index (Phi) is 4.55. The van der Waals surface area contributed by atoms with E-state index in [4.69, 9.17) is 0 Å². The summed E-state index contributed by atoms with van der Waals surface area (Å²) in [5.41, 5.74) is 0. The van der Waals surface area contributed by atoms with Crippen LogP contribution in [-0.2, 0) is 15.0 Å². The number of carbonyl (C=O) groups excluding carboxylic acids is 1. The standard InChI is InChI=1S/C16H25N5O3S/c22-16(18-7-1-2-8-18)14-5-3-9-19(11-14)25(23,24)20-12-15(13-20)21-10-4-6-17-21/h4,6,10,14-15H,1-3,5,7-9,11-13H2/t14-/m0/s1. The Morgan fingerprint density at radius 2 is 1.76 bits per heavy atom. The van der Waals surface area contributed by atoms with Gasteiger partial charge in [-0.25, -0.2) is 0 Å². The fourth-order valence-electron chi connectivity index (χ4n) is 3.98. The molecule has 3 aliphatic rings. The minimum Gasteiger partial charge on any atom is -0.342 e. The maximum absolute atomic E-state index is 12.9. The quantitative estimate of drug-likeness (QED) is 0.768. The Morgan fingerprint density at radius 1 is 1.00 bits per heavy atom. The summed E-state index contributed by atoms with van der Waals surface area (Å²) in [5, 5.41) is 4.18. The monoisotopic (exact) mass is 367 g/mol. The zero-order valence-corrected chi connectivity index (χ0v) is 15.1. The molecule has 4 heterocycles. The number of hydrogen-bond donors (Lipinski definition) is 0. The molecule has 4 rings (SSSR count). The minimum atomic E-state index is -3.48. The van der Waals surface area contributed by atoms with Crippen LogP contribution in [-0.4, -0.2) is 76.9 Å². The molecular formula is C16H25N5O3S. The number of aromatic nitrogens is 2. The topological polar surface area (TPSA) is 78.8 Å². The van der Waals surface area contributed by atoms with Crippen molar-refractivity contribution < 1.29 is 13.2 Å². The molecule has 1 amide bonds. The van der Waals surface area contributed by atoms with E-state index in [1.807, 2.05) is 21.8 Å². The lowest BCUT2D eigenvalue weighted by Gasteiger charge is -2.42. The van der Waals surface area contributed by atoms with Crippen LogP contribution >= 0.6 is 0 Å². The van der Waals surface area contributed by atoms with Gasteiger partial charge in [-0.05, 0) is 31.7 Å². The normalized spacial score (nSPS) is 26.7. The first-order chi connectivity index (χ1) is 12.1. The van der Waals surface area contributed by atoms with Crippen molar-refractivity contribution in [3.05, 3.63) is 18.5 Å². The summed E-state index contributed by atoms with van der Waals surface area (Å²) in [7, 11) is -3.48. The van der Waals surface area contributed by atoms with E-state index < -0.39 is 10.2 Å². The Hall–Kier alpha value is -1.45. The third kappa shape index (κ3) is 3.20. The van der Waals surface area contributed by atoms with Gasteiger partial charge in [0, 0.05) is 51.7 Å². The number of piperidine rings is 1. The van der Waals surface area contributed by atoms with Crippen LogP contribution in [0.1, 0.15) is 31.7 Å². The summed E-state index contributed by atoms with van der Waals surface area (Å²) in [6, 6.07) is 1.95. The van der Waals surface area contributed by atoms with Gasteiger partial charge in [0.25, 0.3) is 10.2 Å². The van der Waals surface area contributed by atoms with E-state index >= 15 is 0 Å². The molecule has 0 aromatic carbocycles. The van der Waals surface area contributed by atoms with Crippen molar-refractivity contribution in [2.75, 3.05) is 39.3 Å². The Labute approximate surface area is 148 Å². The first-order valence-electron chi connectivity index (χ1n) is 9.09. The summed E-state index contributed by atoms with van der Waals surface area (Å²) >= 11 is 0. The van der Waals surface area contributed by atoms with Crippen molar-refractivity contribution in [3.63, 3.8) is 0 Å². The van der Waals surface area contributed by atoms with E-state index in [-0.39, 0.29) is 17.9 Å². The highest BCUT2D eigenvalue weighted by atomic mass is 32.2. The van der Waals surface area contributed by atoms with Crippen molar-refractivity contribution in [2.24, 2.45) is 5.92 Å². The Morgan fingerprint density at radius 3 is 2.44 bits per heavy atom. The molecule has 1 aromatic rings. The van der Waals surface area contributed by atoms with Crippen molar-refractivity contribution in [2.45, 2.75) is 31.7 Å². The van der Waals surface area contributed by atoms with Gasteiger partial charge in [-0.15, -0.1) is 0 Å². The van der Waals surface area contributed by atoms with Crippen LogP contribution in [0.2, 0.25) is 0 Å². The SMILES string of the molecule is O=C([C@H]1CCCN(S(=O)(=O)N2CC(n3cccn3)C2)C1)N1CCCC1. The highest BCUT2D eigenvalue weighted by molar-refractivity contribution is 7.86. The molecule has 1 atom stereocenters. The molecule has 8 nitrogen and oxygen atoms in total. The van der Waals surface area contributed by atoms with Gasteiger partial charge in [0.15, 0.2) is 0 Å². The van der Waals surface area contributed by atoms with Crippen LogP contribution in [0.15, 0.2) is 18.5 Å². The molecule has 3 aliphatic heterocycles. The summed E-state index contributed by atoms with van der Waals surface area (Å²) < 4.78 is 30.6. The first kappa shape index (κ1) is 17.0. The van der Waals surface area contributed by atoms with Crippen LogP contribution in [0, 0.1) is 5.92 Å². The second kappa shape index (κ2) is 6.69. The molecule has 9 heteroatoms. The highest BCUT2D eigenvalue weighted by Crippen LogP contribution is 2.29. The molecule has 0 spiro atoms. The number of carbonyl (C=O) groups is 1. The molecule has 0 aliphatic carbocycles. The van der Waals surface area contributed by atoms with Crippen molar-refractivity contribution >= 4 is 16.1 Å². The average Bonchev–Trinajstić information content (AvgIpc) is 3.26. The van der Waals surface area contributed by atoms with E-state index in [9.17, 15) is 13.2 Å². The van der Waals surface area contributed by atoms with Crippen LogP contribution in [0.25, 0.3) is 0 Å². The number of nitrogens with zero attached hydrogens (tertiary/aromatic N) is 5. The highest BCUT2D eigenvalue weighted by Gasteiger charge is 2.43. The predicted octanol–water partition coefficient (Wildman–Crippen LogP) is 0.319. The van der Waals surface area contributed by atoms with Gasteiger partial charge in [0.05, 0.1) is 12.0 Å². The van der Waals surface area contributed by atoms with Gasteiger partial charge < -0.3 is 4.90 Å². The van der Waals surface area contributed by atoms with Gasteiger partial charge >= 0.3 is 0 Å².